The van der Waals surface area contributed by atoms with Gasteiger partial charge in [0.1, 0.15) is 5.75 Å². The number of benzene rings is 2. The first-order valence-electron chi connectivity index (χ1n) is 5.90. The fraction of sp³-hybridized carbons (Fsp3) is 0.133. The van der Waals surface area contributed by atoms with E-state index in [0.29, 0.717) is 5.75 Å². The Morgan fingerprint density at radius 2 is 1.89 bits per heavy atom. The van der Waals surface area contributed by atoms with Crippen molar-refractivity contribution in [2.24, 2.45) is 0 Å². The molecule has 0 saturated carbocycles. The van der Waals surface area contributed by atoms with E-state index in [1.165, 1.54) is 18.2 Å². The number of ether oxygens (including phenoxy) is 2. The van der Waals surface area contributed by atoms with Gasteiger partial charge in [-0.25, -0.2) is 9.18 Å². The summed E-state index contributed by atoms with van der Waals surface area (Å²) in [6, 6.07) is 12.7. The van der Waals surface area contributed by atoms with Crippen LogP contribution in [0.1, 0.15) is 17.3 Å². The Hall–Kier alpha value is -2.36. The van der Waals surface area contributed by atoms with E-state index < -0.39 is 11.8 Å². The van der Waals surface area contributed by atoms with Crippen LogP contribution in [0.5, 0.6) is 11.5 Å². The Bertz CT molecular complexity index is 567. The molecule has 0 bridgehead atoms. The Morgan fingerprint density at radius 3 is 2.58 bits per heavy atom. The van der Waals surface area contributed by atoms with E-state index in [-0.39, 0.29) is 17.9 Å². The van der Waals surface area contributed by atoms with Gasteiger partial charge in [0.2, 0.25) is 0 Å². The number of hydrogen-bond acceptors (Lipinski definition) is 3. The topological polar surface area (TPSA) is 35.5 Å². The molecule has 0 N–H and O–H groups in total. The average molecular weight is 260 g/mol. The Labute approximate surface area is 110 Å². The highest BCUT2D eigenvalue weighted by Gasteiger charge is 2.12. The predicted octanol–water partition coefficient (Wildman–Crippen LogP) is 3.79. The van der Waals surface area contributed by atoms with Gasteiger partial charge in [0.15, 0.2) is 11.6 Å². The van der Waals surface area contributed by atoms with Gasteiger partial charge in [-0.1, -0.05) is 18.2 Å². The molecule has 0 radical (unpaired) electrons. The smallest absolute Gasteiger partial charge is 0.338 e. The van der Waals surface area contributed by atoms with E-state index in [0.717, 1.165) is 0 Å². The number of esters is 1. The van der Waals surface area contributed by atoms with Gasteiger partial charge in [-0.15, -0.1) is 0 Å². The van der Waals surface area contributed by atoms with E-state index in [4.69, 9.17) is 9.47 Å². The van der Waals surface area contributed by atoms with Gasteiger partial charge >= 0.3 is 5.97 Å². The molecule has 0 spiro atoms. The summed E-state index contributed by atoms with van der Waals surface area (Å²) in [4.78, 5) is 11.6. The van der Waals surface area contributed by atoms with Gasteiger partial charge in [0, 0.05) is 0 Å². The van der Waals surface area contributed by atoms with Crippen molar-refractivity contribution < 1.29 is 18.7 Å². The molecule has 0 aliphatic carbocycles. The van der Waals surface area contributed by atoms with Crippen LogP contribution >= 0.6 is 0 Å². The van der Waals surface area contributed by atoms with E-state index >= 15 is 0 Å². The van der Waals surface area contributed by atoms with Crippen LogP contribution < -0.4 is 4.74 Å². The maximum Gasteiger partial charge on any atom is 0.338 e. The van der Waals surface area contributed by atoms with Crippen molar-refractivity contribution in [1.29, 1.82) is 0 Å². The summed E-state index contributed by atoms with van der Waals surface area (Å²) >= 11 is 0. The first-order valence-corrected chi connectivity index (χ1v) is 5.90. The van der Waals surface area contributed by atoms with Crippen molar-refractivity contribution in [3.05, 3.63) is 59.9 Å². The van der Waals surface area contributed by atoms with Crippen molar-refractivity contribution >= 4 is 5.97 Å². The number of para-hydroxylation sites is 1. The third-order valence-electron chi connectivity index (χ3n) is 2.41. The average Bonchev–Trinajstić information content (AvgIpc) is 2.42. The molecule has 0 aliphatic heterocycles. The molecule has 2 aromatic rings. The summed E-state index contributed by atoms with van der Waals surface area (Å²) in [5, 5.41) is 0. The summed E-state index contributed by atoms with van der Waals surface area (Å²) in [5.74, 6) is -0.531. The van der Waals surface area contributed by atoms with Crippen molar-refractivity contribution in [2.75, 3.05) is 6.61 Å². The lowest BCUT2D eigenvalue weighted by molar-refractivity contribution is 0.0526. The van der Waals surface area contributed by atoms with E-state index in [1.807, 2.05) is 6.07 Å². The van der Waals surface area contributed by atoms with E-state index in [9.17, 15) is 9.18 Å². The van der Waals surface area contributed by atoms with Crippen LogP contribution in [-0.2, 0) is 4.74 Å². The molecule has 98 valence electrons. The Morgan fingerprint density at radius 1 is 1.16 bits per heavy atom. The minimum atomic E-state index is -0.531. The molecule has 0 amide bonds. The molecule has 0 aromatic heterocycles. The number of carbonyl (C=O) groups is 1. The van der Waals surface area contributed by atoms with Crippen LogP contribution in [0.4, 0.5) is 4.39 Å². The number of carbonyl (C=O) groups excluding carboxylic acids is 1. The van der Waals surface area contributed by atoms with Crippen LogP contribution in [0.3, 0.4) is 0 Å². The minimum Gasteiger partial charge on any atom is -0.462 e. The zero-order valence-corrected chi connectivity index (χ0v) is 10.4. The van der Waals surface area contributed by atoms with Crippen LogP contribution in [0.25, 0.3) is 0 Å². The first kappa shape index (κ1) is 13.1. The summed E-state index contributed by atoms with van der Waals surface area (Å²) in [7, 11) is 0. The second-order valence-corrected chi connectivity index (χ2v) is 3.78. The first-order chi connectivity index (χ1) is 9.20. The highest BCUT2D eigenvalue weighted by molar-refractivity contribution is 5.89. The van der Waals surface area contributed by atoms with Crippen molar-refractivity contribution in [1.82, 2.24) is 0 Å². The molecule has 19 heavy (non-hydrogen) atoms. The Balaban J connectivity index is 2.25. The van der Waals surface area contributed by atoms with Crippen LogP contribution in [0, 0.1) is 5.82 Å². The lowest BCUT2D eigenvalue weighted by Crippen LogP contribution is -2.05. The molecule has 0 fully saturated rings. The quantitative estimate of drug-likeness (QED) is 0.784. The molecule has 2 rings (SSSR count). The molecule has 4 heteroatoms. The summed E-state index contributed by atoms with van der Waals surface area (Å²) in [6.07, 6.45) is 0. The largest absolute Gasteiger partial charge is 0.462 e. The zero-order chi connectivity index (χ0) is 13.7. The number of rotatable bonds is 4. The predicted molar refractivity (Wildman–Crippen MR) is 68.9 cm³/mol. The lowest BCUT2D eigenvalue weighted by Gasteiger charge is -2.08. The van der Waals surface area contributed by atoms with E-state index in [1.54, 1.807) is 31.2 Å². The molecule has 2 aromatic carbocycles. The van der Waals surface area contributed by atoms with Gasteiger partial charge in [-0.05, 0) is 37.3 Å². The second kappa shape index (κ2) is 6.00. The minimum absolute atomic E-state index is 0.00301. The third-order valence-corrected chi connectivity index (χ3v) is 2.41. The van der Waals surface area contributed by atoms with Gasteiger partial charge in [-0.3, -0.25) is 0 Å². The van der Waals surface area contributed by atoms with E-state index in [2.05, 4.69) is 0 Å². The lowest BCUT2D eigenvalue weighted by atomic mass is 10.2. The van der Waals surface area contributed by atoms with Crippen LogP contribution in [-0.4, -0.2) is 12.6 Å². The molecule has 0 unspecified atom stereocenters. The number of hydrogen-bond donors (Lipinski definition) is 0. The van der Waals surface area contributed by atoms with Crippen molar-refractivity contribution in [3.8, 4) is 11.5 Å². The standard InChI is InChI=1S/C15H13FO3/c1-2-18-15(17)11-8-9-13(16)14(10-11)19-12-6-4-3-5-7-12/h3-10H,2H2,1H3. The van der Waals surface area contributed by atoms with Gasteiger partial charge in [-0.2, -0.15) is 0 Å². The van der Waals surface area contributed by atoms with Crippen LogP contribution in [0.2, 0.25) is 0 Å². The van der Waals surface area contributed by atoms with Gasteiger partial charge in [0.25, 0.3) is 0 Å². The maximum atomic E-state index is 13.6. The SMILES string of the molecule is CCOC(=O)c1ccc(F)c(Oc2ccccc2)c1. The summed E-state index contributed by atoms with van der Waals surface area (Å²) < 4.78 is 23.9. The number of halogens is 1. The molecule has 0 saturated heterocycles. The van der Waals surface area contributed by atoms with Gasteiger partial charge < -0.3 is 9.47 Å². The monoisotopic (exact) mass is 260 g/mol. The Kier molecular flexibility index (Phi) is 4.13. The van der Waals surface area contributed by atoms with Crippen LogP contribution in [0.15, 0.2) is 48.5 Å². The fourth-order valence-electron chi connectivity index (χ4n) is 1.54. The normalized spacial score (nSPS) is 10.0. The molecule has 0 aliphatic rings. The maximum absolute atomic E-state index is 13.6. The van der Waals surface area contributed by atoms with Gasteiger partial charge in [0.05, 0.1) is 12.2 Å². The van der Waals surface area contributed by atoms with Crippen molar-refractivity contribution in [3.63, 3.8) is 0 Å². The fourth-order valence-corrected chi connectivity index (χ4v) is 1.54. The highest BCUT2D eigenvalue weighted by atomic mass is 19.1. The molecule has 0 heterocycles. The zero-order valence-electron chi connectivity index (χ0n) is 10.4. The summed E-state index contributed by atoms with van der Waals surface area (Å²) in [5.41, 5.74) is 0.259. The molecular weight excluding hydrogens is 247 g/mol. The van der Waals surface area contributed by atoms with Crippen molar-refractivity contribution in [2.45, 2.75) is 6.92 Å². The summed E-state index contributed by atoms with van der Waals surface area (Å²) in [6.45, 7) is 1.98. The second-order valence-electron chi connectivity index (χ2n) is 3.78. The molecular formula is C15H13FO3. The third kappa shape index (κ3) is 3.31. The highest BCUT2D eigenvalue weighted by Crippen LogP contribution is 2.25. The molecule has 0 atom stereocenters. The molecule has 3 nitrogen and oxygen atoms in total.